The van der Waals surface area contributed by atoms with Gasteiger partial charge in [-0.1, -0.05) is 23.7 Å². The molecule has 24 heavy (non-hydrogen) atoms. The van der Waals surface area contributed by atoms with Crippen LogP contribution in [0.2, 0.25) is 5.02 Å². The second-order valence-corrected chi connectivity index (χ2v) is 5.31. The number of para-hydroxylation sites is 1. The lowest BCUT2D eigenvalue weighted by molar-refractivity contribution is 0.0706. The molecule has 0 aliphatic heterocycles. The van der Waals surface area contributed by atoms with Gasteiger partial charge in [0, 0.05) is 5.56 Å². The van der Waals surface area contributed by atoms with Gasteiger partial charge >= 0.3 is 0 Å². The lowest BCUT2D eigenvalue weighted by atomic mass is 10.1. The number of hydroxylamine groups is 1. The third kappa shape index (κ3) is 3.22. The molecule has 8 heteroatoms. The van der Waals surface area contributed by atoms with Crippen molar-refractivity contribution in [1.29, 1.82) is 0 Å². The SMILES string of the molecule is O=C(NO)c1ccc2c(=O)[nH]c(COc3ccccc3Cl)nc2c1. The Bertz CT molecular complexity index is 971. The average Bonchev–Trinajstić information content (AvgIpc) is 2.60. The molecule has 3 rings (SSSR count). The first-order valence-electron chi connectivity index (χ1n) is 6.93. The van der Waals surface area contributed by atoms with E-state index < -0.39 is 5.91 Å². The standard InChI is InChI=1S/C16H12ClN3O4/c17-11-3-1-2-4-13(11)24-8-14-18-12-7-9(15(21)20-23)5-6-10(12)16(22)19-14/h1-7,23H,8H2,(H,20,21)(H,18,19,22). The van der Waals surface area contributed by atoms with Gasteiger partial charge in [0.25, 0.3) is 11.5 Å². The Morgan fingerprint density at radius 2 is 2.08 bits per heavy atom. The van der Waals surface area contributed by atoms with Crippen LogP contribution < -0.4 is 15.8 Å². The molecule has 3 aromatic rings. The van der Waals surface area contributed by atoms with E-state index in [9.17, 15) is 9.59 Å². The fraction of sp³-hybridized carbons (Fsp3) is 0.0625. The summed E-state index contributed by atoms with van der Waals surface area (Å²) >= 11 is 6.00. The second-order valence-electron chi connectivity index (χ2n) is 4.90. The molecule has 1 amide bonds. The lowest BCUT2D eigenvalue weighted by Gasteiger charge is -2.08. The summed E-state index contributed by atoms with van der Waals surface area (Å²) < 4.78 is 5.54. The van der Waals surface area contributed by atoms with E-state index in [0.29, 0.717) is 21.7 Å². The molecule has 0 spiro atoms. The number of aromatic nitrogens is 2. The number of halogens is 1. The molecule has 122 valence electrons. The van der Waals surface area contributed by atoms with Crippen LogP contribution in [0.5, 0.6) is 5.75 Å². The first-order chi connectivity index (χ1) is 11.6. The van der Waals surface area contributed by atoms with Crippen molar-refractivity contribution >= 4 is 28.4 Å². The second kappa shape index (κ2) is 6.69. The molecule has 2 aromatic carbocycles. The minimum atomic E-state index is -0.687. The first-order valence-corrected chi connectivity index (χ1v) is 7.31. The zero-order valence-electron chi connectivity index (χ0n) is 12.2. The molecule has 3 N–H and O–H groups in total. The normalized spacial score (nSPS) is 10.6. The molecule has 0 radical (unpaired) electrons. The molecule has 0 aliphatic rings. The maximum atomic E-state index is 12.1. The van der Waals surface area contributed by atoms with Crippen LogP contribution in [0.25, 0.3) is 10.9 Å². The number of ether oxygens (including phenoxy) is 1. The maximum Gasteiger partial charge on any atom is 0.274 e. The molecular formula is C16H12ClN3O4. The van der Waals surface area contributed by atoms with Crippen molar-refractivity contribution in [2.75, 3.05) is 0 Å². The molecule has 0 saturated carbocycles. The predicted octanol–water partition coefficient (Wildman–Crippen LogP) is 2.27. The van der Waals surface area contributed by atoms with Gasteiger partial charge in [-0.05, 0) is 30.3 Å². The number of hydrogen-bond donors (Lipinski definition) is 3. The van der Waals surface area contributed by atoms with Crippen molar-refractivity contribution in [2.24, 2.45) is 0 Å². The van der Waals surface area contributed by atoms with E-state index in [4.69, 9.17) is 21.5 Å². The highest BCUT2D eigenvalue weighted by atomic mass is 35.5. The lowest BCUT2D eigenvalue weighted by Crippen LogP contribution is -2.19. The van der Waals surface area contributed by atoms with Crippen molar-refractivity contribution < 1.29 is 14.7 Å². The zero-order chi connectivity index (χ0) is 17.1. The van der Waals surface area contributed by atoms with Gasteiger partial charge in [0.15, 0.2) is 0 Å². The summed E-state index contributed by atoms with van der Waals surface area (Å²) in [4.78, 5) is 30.5. The average molecular weight is 346 g/mol. The predicted molar refractivity (Wildman–Crippen MR) is 87.4 cm³/mol. The van der Waals surface area contributed by atoms with E-state index in [1.807, 2.05) is 0 Å². The highest BCUT2D eigenvalue weighted by molar-refractivity contribution is 6.32. The van der Waals surface area contributed by atoms with Crippen molar-refractivity contribution in [3.63, 3.8) is 0 Å². The molecule has 1 aromatic heterocycles. The molecule has 0 atom stereocenters. The fourth-order valence-electron chi connectivity index (χ4n) is 2.17. The Balaban J connectivity index is 1.92. The Hall–Kier alpha value is -2.90. The Morgan fingerprint density at radius 1 is 1.29 bits per heavy atom. The molecule has 0 bridgehead atoms. The number of aromatic amines is 1. The van der Waals surface area contributed by atoms with Crippen LogP contribution in [0, 0.1) is 0 Å². The number of hydrogen-bond acceptors (Lipinski definition) is 5. The number of rotatable bonds is 4. The number of carbonyl (C=O) groups is 1. The number of amides is 1. The summed E-state index contributed by atoms with van der Waals surface area (Å²) in [5.41, 5.74) is 1.68. The van der Waals surface area contributed by atoms with Crippen molar-refractivity contribution in [1.82, 2.24) is 15.4 Å². The van der Waals surface area contributed by atoms with Crippen LogP contribution in [-0.2, 0) is 6.61 Å². The van der Waals surface area contributed by atoms with E-state index in [2.05, 4.69) is 9.97 Å². The third-order valence-electron chi connectivity index (χ3n) is 3.32. The van der Waals surface area contributed by atoms with Crippen LogP contribution >= 0.6 is 11.6 Å². The van der Waals surface area contributed by atoms with Gasteiger partial charge < -0.3 is 9.72 Å². The van der Waals surface area contributed by atoms with Crippen LogP contribution in [-0.4, -0.2) is 21.1 Å². The third-order valence-corrected chi connectivity index (χ3v) is 3.63. The summed E-state index contributed by atoms with van der Waals surface area (Å²) in [5, 5.41) is 9.46. The summed E-state index contributed by atoms with van der Waals surface area (Å²) in [6.45, 7) is 0.00530. The quantitative estimate of drug-likeness (QED) is 0.497. The zero-order valence-corrected chi connectivity index (χ0v) is 13.0. The highest BCUT2D eigenvalue weighted by Gasteiger charge is 2.10. The first kappa shape index (κ1) is 16.0. The summed E-state index contributed by atoms with van der Waals surface area (Å²) in [6, 6.07) is 11.2. The van der Waals surface area contributed by atoms with Gasteiger partial charge in [-0.15, -0.1) is 0 Å². The van der Waals surface area contributed by atoms with Crippen molar-refractivity contribution in [3.05, 3.63) is 69.2 Å². The topological polar surface area (TPSA) is 104 Å². The van der Waals surface area contributed by atoms with E-state index >= 15 is 0 Å². The van der Waals surface area contributed by atoms with E-state index in [1.165, 1.54) is 23.7 Å². The summed E-state index contributed by atoms with van der Waals surface area (Å²) in [6.07, 6.45) is 0. The van der Waals surface area contributed by atoms with Crippen LogP contribution in [0.4, 0.5) is 0 Å². The van der Waals surface area contributed by atoms with Crippen LogP contribution in [0.1, 0.15) is 16.2 Å². The largest absolute Gasteiger partial charge is 0.484 e. The molecule has 7 nitrogen and oxygen atoms in total. The smallest absolute Gasteiger partial charge is 0.274 e. The van der Waals surface area contributed by atoms with Crippen molar-refractivity contribution in [2.45, 2.75) is 6.61 Å². The Kier molecular flexibility index (Phi) is 4.45. The molecule has 0 aliphatic carbocycles. The molecule has 1 heterocycles. The minimum Gasteiger partial charge on any atom is -0.484 e. The minimum absolute atomic E-state index is 0.00530. The summed E-state index contributed by atoms with van der Waals surface area (Å²) in [5.74, 6) is 0.0668. The van der Waals surface area contributed by atoms with Gasteiger partial charge in [0.2, 0.25) is 0 Å². The number of benzene rings is 2. The molecule has 0 unspecified atom stereocenters. The monoisotopic (exact) mass is 345 g/mol. The van der Waals surface area contributed by atoms with Gasteiger partial charge in [-0.2, -0.15) is 0 Å². The fourth-order valence-corrected chi connectivity index (χ4v) is 2.36. The van der Waals surface area contributed by atoms with Gasteiger partial charge in [-0.3, -0.25) is 14.8 Å². The van der Waals surface area contributed by atoms with Gasteiger partial charge in [0.05, 0.1) is 15.9 Å². The number of H-pyrrole nitrogens is 1. The number of nitrogens with zero attached hydrogens (tertiary/aromatic N) is 1. The molecular weight excluding hydrogens is 334 g/mol. The summed E-state index contributed by atoms with van der Waals surface area (Å²) in [7, 11) is 0. The van der Waals surface area contributed by atoms with E-state index in [1.54, 1.807) is 24.3 Å². The highest BCUT2D eigenvalue weighted by Crippen LogP contribution is 2.23. The Labute approximate surface area is 140 Å². The van der Waals surface area contributed by atoms with E-state index in [-0.39, 0.29) is 23.6 Å². The maximum absolute atomic E-state index is 12.1. The number of fused-ring (bicyclic) bond motifs is 1. The number of nitrogens with one attached hydrogen (secondary N) is 2. The molecule has 0 saturated heterocycles. The molecule has 0 fully saturated rings. The van der Waals surface area contributed by atoms with Crippen molar-refractivity contribution in [3.8, 4) is 5.75 Å². The number of carbonyl (C=O) groups excluding carboxylic acids is 1. The van der Waals surface area contributed by atoms with E-state index in [0.717, 1.165) is 0 Å². The van der Waals surface area contributed by atoms with Gasteiger partial charge in [-0.25, -0.2) is 10.5 Å². The Morgan fingerprint density at radius 3 is 2.83 bits per heavy atom. The van der Waals surface area contributed by atoms with Crippen LogP contribution in [0.3, 0.4) is 0 Å². The van der Waals surface area contributed by atoms with Crippen LogP contribution in [0.15, 0.2) is 47.3 Å². The van der Waals surface area contributed by atoms with Gasteiger partial charge in [0.1, 0.15) is 18.2 Å².